The summed E-state index contributed by atoms with van der Waals surface area (Å²) < 4.78 is 21.6. The molecule has 25 heavy (non-hydrogen) atoms. The molecule has 0 atom stereocenters. The van der Waals surface area contributed by atoms with Gasteiger partial charge in [-0.25, -0.2) is 0 Å². The van der Waals surface area contributed by atoms with E-state index in [1.165, 1.54) is 5.56 Å². The fraction of sp³-hybridized carbons (Fsp3) is 0.400. The Morgan fingerprint density at radius 3 is 2.20 bits per heavy atom. The van der Waals surface area contributed by atoms with Gasteiger partial charge in [0, 0.05) is 19.7 Å². The van der Waals surface area contributed by atoms with E-state index in [4.69, 9.17) is 18.9 Å². The van der Waals surface area contributed by atoms with E-state index in [2.05, 4.69) is 17.4 Å². The Labute approximate surface area is 149 Å². The zero-order chi connectivity index (χ0) is 17.9. The van der Waals surface area contributed by atoms with E-state index >= 15 is 0 Å². The Morgan fingerprint density at radius 1 is 0.800 bits per heavy atom. The Kier molecular flexibility index (Phi) is 8.09. The fourth-order valence-electron chi connectivity index (χ4n) is 2.39. The maximum Gasteiger partial charge on any atom is 0.161 e. The third-order valence-corrected chi connectivity index (χ3v) is 3.73. The highest BCUT2D eigenvalue weighted by molar-refractivity contribution is 5.43. The highest BCUT2D eigenvalue weighted by Gasteiger charge is 2.06. The molecule has 0 heterocycles. The molecule has 0 aliphatic rings. The first-order chi connectivity index (χ1) is 12.3. The minimum atomic E-state index is 0.513. The van der Waals surface area contributed by atoms with Crippen molar-refractivity contribution in [2.45, 2.75) is 20.0 Å². The second kappa shape index (κ2) is 10.6. The molecule has 0 fully saturated rings. The predicted molar refractivity (Wildman–Crippen MR) is 98.5 cm³/mol. The van der Waals surface area contributed by atoms with Crippen LogP contribution < -0.4 is 19.5 Å². The van der Waals surface area contributed by atoms with Crippen LogP contribution in [0.1, 0.15) is 18.1 Å². The van der Waals surface area contributed by atoms with Gasteiger partial charge < -0.3 is 24.3 Å². The van der Waals surface area contributed by atoms with Crippen molar-refractivity contribution in [3.8, 4) is 17.2 Å². The van der Waals surface area contributed by atoms with Gasteiger partial charge in [0.2, 0.25) is 0 Å². The van der Waals surface area contributed by atoms with Crippen LogP contribution in [0.15, 0.2) is 42.5 Å². The van der Waals surface area contributed by atoms with Gasteiger partial charge in [0.05, 0.1) is 20.8 Å². The molecule has 2 aromatic carbocycles. The molecule has 2 rings (SSSR count). The average Bonchev–Trinajstić information content (AvgIpc) is 2.66. The second-order valence-electron chi connectivity index (χ2n) is 5.48. The molecule has 136 valence electrons. The van der Waals surface area contributed by atoms with Gasteiger partial charge in [0.15, 0.2) is 11.5 Å². The largest absolute Gasteiger partial charge is 0.497 e. The number of benzene rings is 2. The maximum absolute atomic E-state index is 5.70. The highest BCUT2D eigenvalue weighted by Crippen LogP contribution is 2.28. The Hall–Kier alpha value is -2.24. The number of methoxy groups -OCH3 is 2. The summed E-state index contributed by atoms with van der Waals surface area (Å²) in [7, 11) is 3.32. The van der Waals surface area contributed by atoms with E-state index in [-0.39, 0.29) is 0 Å². The Bertz CT molecular complexity index is 628. The molecule has 0 saturated carbocycles. The van der Waals surface area contributed by atoms with Crippen LogP contribution in [0.3, 0.4) is 0 Å². The Morgan fingerprint density at radius 2 is 1.52 bits per heavy atom. The molecule has 0 bridgehead atoms. The molecule has 0 aromatic heterocycles. The predicted octanol–water partition coefficient (Wildman–Crippen LogP) is 3.41. The van der Waals surface area contributed by atoms with Crippen LogP contribution in [-0.2, 0) is 17.8 Å². The summed E-state index contributed by atoms with van der Waals surface area (Å²) in [5.74, 6) is 2.34. The SMILES string of the molecule is CCOCCOc1ccc(CNCc2ccc(OC)cc2)cc1OC. The quantitative estimate of drug-likeness (QED) is 0.633. The number of ether oxygens (including phenoxy) is 4. The van der Waals surface area contributed by atoms with Crippen LogP contribution in [0, 0.1) is 0 Å². The van der Waals surface area contributed by atoms with Crippen molar-refractivity contribution < 1.29 is 18.9 Å². The van der Waals surface area contributed by atoms with Crippen molar-refractivity contribution in [1.82, 2.24) is 5.32 Å². The van der Waals surface area contributed by atoms with E-state index in [1.54, 1.807) is 14.2 Å². The van der Waals surface area contributed by atoms with Crippen molar-refractivity contribution in [2.75, 3.05) is 34.0 Å². The zero-order valence-corrected chi connectivity index (χ0v) is 15.2. The molecule has 2 aromatic rings. The molecule has 0 amide bonds. The van der Waals surface area contributed by atoms with Gasteiger partial charge >= 0.3 is 0 Å². The van der Waals surface area contributed by atoms with Gasteiger partial charge in [-0.15, -0.1) is 0 Å². The first-order valence-corrected chi connectivity index (χ1v) is 8.48. The van der Waals surface area contributed by atoms with E-state index in [0.717, 1.165) is 35.9 Å². The van der Waals surface area contributed by atoms with Crippen LogP contribution >= 0.6 is 0 Å². The monoisotopic (exact) mass is 345 g/mol. The second-order valence-corrected chi connectivity index (χ2v) is 5.48. The van der Waals surface area contributed by atoms with Gasteiger partial charge in [0.25, 0.3) is 0 Å². The molecule has 1 N–H and O–H groups in total. The highest BCUT2D eigenvalue weighted by atomic mass is 16.5. The van der Waals surface area contributed by atoms with E-state index < -0.39 is 0 Å². The zero-order valence-electron chi connectivity index (χ0n) is 15.2. The topological polar surface area (TPSA) is 49.0 Å². The maximum atomic E-state index is 5.70. The fourth-order valence-corrected chi connectivity index (χ4v) is 2.39. The van der Waals surface area contributed by atoms with Crippen LogP contribution in [0.2, 0.25) is 0 Å². The normalized spacial score (nSPS) is 10.5. The molecule has 0 radical (unpaired) electrons. The van der Waals surface area contributed by atoms with Crippen molar-refractivity contribution in [2.24, 2.45) is 0 Å². The van der Waals surface area contributed by atoms with E-state index in [9.17, 15) is 0 Å². The molecule has 5 nitrogen and oxygen atoms in total. The average molecular weight is 345 g/mol. The molecule has 0 aliphatic heterocycles. The first-order valence-electron chi connectivity index (χ1n) is 8.48. The number of rotatable bonds is 11. The number of hydrogen-bond acceptors (Lipinski definition) is 5. The van der Waals surface area contributed by atoms with Crippen molar-refractivity contribution >= 4 is 0 Å². The molecule has 0 aliphatic carbocycles. The summed E-state index contributed by atoms with van der Waals surface area (Å²) in [6.45, 7) is 5.29. The third-order valence-electron chi connectivity index (χ3n) is 3.73. The van der Waals surface area contributed by atoms with Crippen molar-refractivity contribution in [3.63, 3.8) is 0 Å². The van der Waals surface area contributed by atoms with Crippen LogP contribution in [0.4, 0.5) is 0 Å². The van der Waals surface area contributed by atoms with Crippen LogP contribution in [0.25, 0.3) is 0 Å². The van der Waals surface area contributed by atoms with Crippen molar-refractivity contribution in [1.29, 1.82) is 0 Å². The molecule has 0 spiro atoms. The van der Waals surface area contributed by atoms with E-state index in [0.29, 0.717) is 19.8 Å². The lowest BCUT2D eigenvalue weighted by Crippen LogP contribution is -2.13. The lowest BCUT2D eigenvalue weighted by atomic mass is 10.2. The standard InChI is InChI=1S/C20H27NO4/c1-4-24-11-12-25-19-10-7-17(13-20(19)23-3)15-21-14-16-5-8-18(22-2)9-6-16/h5-10,13,21H,4,11-12,14-15H2,1-3H3. The molecule has 0 unspecified atom stereocenters. The van der Waals surface area contributed by atoms with Gasteiger partial charge in [-0.2, -0.15) is 0 Å². The van der Waals surface area contributed by atoms with Crippen molar-refractivity contribution in [3.05, 3.63) is 53.6 Å². The van der Waals surface area contributed by atoms with Gasteiger partial charge in [-0.1, -0.05) is 18.2 Å². The minimum Gasteiger partial charge on any atom is -0.497 e. The lowest BCUT2D eigenvalue weighted by molar-refractivity contribution is 0.109. The minimum absolute atomic E-state index is 0.513. The summed E-state index contributed by atoms with van der Waals surface area (Å²) >= 11 is 0. The van der Waals surface area contributed by atoms with Gasteiger partial charge in [0.1, 0.15) is 12.4 Å². The van der Waals surface area contributed by atoms with Gasteiger partial charge in [-0.05, 0) is 42.3 Å². The first kappa shape index (κ1) is 19.1. The van der Waals surface area contributed by atoms with Crippen LogP contribution in [0.5, 0.6) is 17.2 Å². The number of nitrogens with one attached hydrogen (secondary N) is 1. The van der Waals surface area contributed by atoms with Crippen LogP contribution in [-0.4, -0.2) is 34.0 Å². The molecular formula is C20H27NO4. The number of hydrogen-bond donors (Lipinski definition) is 1. The van der Waals surface area contributed by atoms with Gasteiger partial charge in [-0.3, -0.25) is 0 Å². The summed E-state index contributed by atoms with van der Waals surface area (Å²) in [6, 6.07) is 14.0. The third kappa shape index (κ3) is 6.29. The summed E-state index contributed by atoms with van der Waals surface area (Å²) in [4.78, 5) is 0. The Balaban J connectivity index is 1.84. The lowest BCUT2D eigenvalue weighted by Gasteiger charge is -2.13. The molecular weight excluding hydrogens is 318 g/mol. The van der Waals surface area contributed by atoms with E-state index in [1.807, 2.05) is 37.3 Å². The summed E-state index contributed by atoms with van der Waals surface area (Å²) in [5, 5.41) is 3.43. The molecule has 0 saturated heterocycles. The smallest absolute Gasteiger partial charge is 0.161 e. The molecule has 5 heteroatoms. The summed E-state index contributed by atoms with van der Waals surface area (Å²) in [6.07, 6.45) is 0. The summed E-state index contributed by atoms with van der Waals surface area (Å²) in [5.41, 5.74) is 2.35.